The lowest BCUT2D eigenvalue weighted by Gasteiger charge is -2.38. The van der Waals surface area contributed by atoms with E-state index in [9.17, 15) is 4.79 Å². The molecule has 5 rings (SSSR count). The number of carbonyl (C=O) groups is 1. The van der Waals surface area contributed by atoms with Crippen molar-refractivity contribution in [3.05, 3.63) is 52.1 Å². The van der Waals surface area contributed by atoms with Crippen LogP contribution in [0.5, 0.6) is 0 Å². The summed E-state index contributed by atoms with van der Waals surface area (Å²) in [6.07, 6.45) is 5.07. The van der Waals surface area contributed by atoms with Crippen molar-refractivity contribution < 1.29 is 4.79 Å². The lowest BCUT2D eigenvalue weighted by molar-refractivity contribution is -0.137. The number of thiophene rings is 1. The molecule has 3 aromatic heterocycles. The number of fused-ring (bicyclic) bond motifs is 2. The maximum absolute atomic E-state index is 13.1. The van der Waals surface area contributed by atoms with Gasteiger partial charge in [-0.05, 0) is 68.4 Å². The van der Waals surface area contributed by atoms with Gasteiger partial charge in [0.15, 0.2) is 5.65 Å². The number of hydrogen-bond donors (Lipinski definition) is 0. The third-order valence-corrected chi connectivity index (χ3v) is 7.28. The number of carbonyl (C=O) groups excluding carboxylic acids is 1. The first-order chi connectivity index (χ1) is 13.7. The van der Waals surface area contributed by atoms with E-state index >= 15 is 0 Å². The van der Waals surface area contributed by atoms with E-state index in [1.54, 1.807) is 0 Å². The molecule has 6 nitrogen and oxygen atoms in total. The van der Waals surface area contributed by atoms with Crippen LogP contribution >= 0.6 is 11.3 Å². The summed E-state index contributed by atoms with van der Waals surface area (Å²) < 4.78 is 2.10. The highest BCUT2D eigenvalue weighted by molar-refractivity contribution is 7.10. The Kier molecular flexibility index (Phi) is 4.64. The molecule has 28 heavy (non-hydrogen) atoms. The molecule has 0 aliphatic carbocycles. The molecule has 2 aliphatic rings. The van der Waals surface area contributed by atoms with Crippen molar-refractivity contribution in [3.63, 3.8) is 0 Å². The molecule has 0 aromatic carbocycles. The second kappa shape index (κ2) is 7.29. The molecule has 2 aliphatic heterocycles. The zero-order chi connectivity index (χ0) is 19.1. The number of rotatable bonds is 3. The molecule has 0 saturated carbocycles. The van der Waals surface area contributed by atoms with Crippen LogP contribution in [0.1, 0.15) is 41.9 Å². The summed E-state index contributed by atoms with van der Waals surface area (Å²) in [4.78, 5) is 18.9. The molecule has 0 radical (unpaired) electrons. The van der Waals surface area contributed by atoms with Crippen molar-refractivity contribution >= 4 is 22.9 Å². The van der Waals surface area contributed by atoms with Gasteiger partial charge in [0.25, 0.3) is 0 Å². The molecule has 5 heterocycles. The van der Waals surface area contributed by atoms with Crippen molar-refractivity contribution in [2.75, 3.05) is 19.6 Å². The summed E-state index contributed by atoms with van der Waals surface area (Å²) in [5.74, 6) is 1.72. The van der Waals surface area contributed by atoms with E-state index in [-0.39, 0.29) is 11.9 Å². The number of hydrogen-bond acceptors (Lipinski definition) is 5. The van der Waals surface area contributed by atoms with Gasteiger partial charge in [0.2, 0.25) is 5.91 Å². The molecule has 7 heteroatoms. The monoisotopic (exact) mass is 395 g/mol. The summed E-state index contributed by atoms with van der Waals surface area (Å²) in [6, 6.07) is 8.11. The van der Waals surface area contributed by atoms with Crippen molar-refractivity contribution in [1.29, 1.82) is 0 Å². The van der Waals surface area contributed by atoms with E-state index in [1.807, 2.05) is 40.6 Å². The number of pyridine rings is 1. The highest BCUT2D eigenvalue weighted by atomic mass is 32.1. The van der Waals surface area contributed by atoms with Crippen LogP contribution in [-0.4, -0.2) is 56.0 Å². The minimum atomic E-state index is -0.0590. The fourth-order valence-electron chi connectivity index (χ4n) is 4.54. The Balaban J connectivity index is 1.22. The Bertz CT molecular complexity index is 988. The summed E-state index contributed by atoms with van der Waals surface area (Å²) in [5.41, 5.74) is 2.23. The van der Waals surface area contributed by atoms with Gasteiger partial charge in [-0.3, -0.25) is 14.1 Å². The SMILES string of the molecule is CC(C(=O)N1CCc2sccc2C1)N1CCC(c2nnc3ccccn23)CC1. The Morgan fingerprint density at radius 3 is 2.89 bits per heavy atom. The highest BCUT2D eigenvalue weighted by Gasteiger charge is 2.32. The topological polar surface area (TPSA) is 53.7 Å². The summed E-state index contributed by atoms with van der Waals surface area (Å²) in [7, 11) is 0. The maximum Gasteiger partial charge on any atom is 0.239 e. The molecule has 1 atom stereocenters. The predicted octanol–water partition coefficient (Wildman–Crippen LogP) is 2.94. The van der Waals surface area contributed by atoms with Gasteiger partial charge in [0.05, 0.1) is 6.04 Å². The van der Waals surface area contributed by atoms with Gasteiger partial charge >= 0.3 is 0 Å². The molecule has 3 aromatic rings. The number of aromatic nitrogens is 3. The van der Waals surface area contributed by atoms with E-state index in [0.29, 0.717) is 5.92 Å². The quantitative estimate of drug-likeness (QED) is 0.684. The Morgan fingerprint density at radius 1 is 1.18 bits per heavy atom. The summed E-state index contributed by atoms with van der Waals surface area (Å²) in [6.45, 7) is 5.54. The molecule has 146 valence electrons. The van der Waals surface area contributed by atoms with Gasteiger partial charge < -0.3 is 4.90 Å². The smallest absolute Gasteiger partial charge is 0.239 e. The number of amides is 1. The molecule has 1 unspecified atom stereocenters. The largest absolute Gasteiger partial charge is 0.337 e. The van der Waals surface area contributed by atoms with Crippen LogP contribution in [-0.2, 0) is 17.8 Å². The number of piperidine rings is 1. The summed E-state index contributed by atoms with van der Waals surface area (Å²) in [5, 5.41) is 10.9. The minimum Gasteiger partial charge on any atom is -0.337 e. The van der Waals surface area contributed by atoms with Gasteiger partial charge in [-0.25, -0.2) is 0 Å². The molecular weight excluding hydrogens is 370 g/mol. The van der Waals surface area contributed by atoms with E-state index in [1.165, 1.54) is 10.4 Å². The van der Waals surface area contributed by atoms with Crippen LogP contribution in [0.4, 0.5) is 0 Å². The van der Waals surface area contributed by atoms with Crippen LogP contribution in [0.2, 0.25) is 0 Å². The van der Waals surface area contributed by atoms with Crippen LogP contribution < -0.4 is 0 Å². The summed E-state index contributed by atoms with van der Waals surface area (Å²) >= 11 is 1.81. The first-order valence-electron chi connectivity index (χ1n) is 10.1. The molecular formula is C21H25N5OS. The highest BCUT2D eigenvalue weighted by Crippen LogP contribution is 2.29. The molecule has 0 bridgehead atoms. The van der Waals surface area contributed by atoms with Crippen LogP contribution in [0, 0.1) is 0 Å². The minimum absolute atomic E-state index is 0.0590. The Morgan fingerprint density at radius 2 is 2.04 bits per heavy atom. The predicted molar refractivity (Wildman–Crippen MR) is 109 cm³/mol. The van der Waals surface area contributed by atoms with Gasteiger partial charge in [-0.1, -0.05) is 6.07 Å². The fraction of sp³-hybridized carbons (Fsp3) is 0.476. The standard InChI is InChI=1S/C21H25N5OS/c1-15(21(27)25-12-7-18-17(14-25)8-13-28-18)24-10-5-16(6-11-24)20-23-22-19-4-2-3-9-26(19)20/h2-4,8-9,13,15-16H,5-7,10-12,14H2,1H3. The van der Waals surface area contributed by atoms with Crippen LogP contribution in [0.25, 0.3) is 5.65 Å². The maximum atomic E-state index is 13.1. The molecule has 0 N–H and O–H groups in total. The first-order valence-corrected chi connectivity index (χ1v) is 11.0. The lowest BCUT2D eigenvalue weighted by atomic mass is 9.94. The van der Waals surface area contributed by atoms with Crippen molar-refractivity contribution in [2.45, 2.75) is 44.7 Å². The normalized spacial score (nSPS) is 19.7. The first kappa shape index (κ1) is 17.8. The van der Waals surface area contributed by atoms with Gasteiger partial charge in [-0.15, -0.1) is 21.5 Å². The van der Waals surface area contributed by atoms with Crippen LogP contribution in [0.3, 0.4) is 0 Å². The van der Waals surface area contributed by atoms with Gasteiger partial charge in [0.1, 0.15) is 5.82 Å². The third kappa shape index (κ3) is 3.12. The van der Waals surface area contributed by atoms with E-state index in [2.05, 4.69) is 37.9 Å². The molecule has 1 amide bonds. The molecule has 0 spiro atoms. The second-order valence-corrected chi connectivity index (χ2v) is 8.85. The lowest BCUT2D eigenvalue weighted by Crippen LogP contribution is -2.50. The average Bonchev–Trinajstić information content (AvgIpc) is 3.39. The number of nitrogens with zero attached hydrogens (tertiary/aromatic N) is 5. The van der Waals surface area contributed by atoms with Gasteiger partial charge in [0, 0.05) is 30.1 Å². The van der Waals surface area contributed by atoms with E-state index in [4.69, 9.17) is 0 Å². The third-order valence-electron chi connectivity index (χ3n) is 6.26. The van der Waals surface area contributed by atoms with Gasteiger partial charge in [-0.2, -0.15) is 0 Å². The Hall–Kier alpha value is -2.25. The van der Waals surface area contributed by atoms with E-state index in [0.717, 1.165) is 56.9 Å². The second-order valence-electron chi connectivity index (χ2n) is 7.85. The fourth-order valence-corrected chi connectivity index (χ4v) is 5.43. The van der Waals surface area contributed by atoms with Crippen molar-refractivity contribution in [1.82, 2.24) is 24.4 Å². The Labute approximate surface area is 168 Å². The van der Waals surface area contributed by atoms with Crippen molar-refractivity contribution in [3.8, 4) is 0 Å². The zero-order valence-electron chi connectivity index (χ0n) is 16.1. The molecule has 1 saturated heterocycles. The van der Waals surface area contributed by atoms with E-state index < -0.39 is 0 Å². The van der Waals surface area contributed by atoms with Crippen LogP contribution in [0.15, 0.2) is 35.8 Å². The number of likely N-dealkylation sites (tertiary alicyclic amines) is 1. The van der Waals surface area contributed by atoms with Crippen molar-refractivity contribution in [2.24, 2.45) is 0 Å². The molecule has 1 fully saturated rings. The average molecular weight is 396 g/mol. The zero-order valence-corrected chi connectivity index (χ0v) is 16.9.